The van der Waals surface area contributed by atoms with Gasteiger partial charge in [-0.15, -0.1) is 0 Å². The molecule has 1 aliphatic carbocycles. The lowest BCUT2D eigenvalue weighted by molar-refractivity contribution is 0.146. The highest BCUT2D eigenvalue weighted by molar-refractivity contribution is 7.80. The molecule has 1 N–H and O–H groups in total. The number of hydrogen-bond donors (Lipinski definition) is 1. The monoisotopic (exact) mass is 524 g/mol. The molecule has 2 fully saturated rings. The summed E-state index contributed by atoms with van der Waals surface area (Å²) in [5, 5.41) is 4.77. The average molecular weight is 525 g/mol. The Labute approximate surface area is 223 Å². The minimum Gasteiger partial charge on any atom is -0.490 e. The van der Waals surface area contributed by atoms with Gasteiger partial charge in [-0.05, 0) is 80.9 Å². The Hall–Kier alpha value is -2.61. The van der Waals surface area contributed by atoms with Crippen molar-refractivity contribution in [1.82, 2.24) is 14.9 Å². The van der Waals surface area contributed by atoms with E-state index in [2.05, 4.69) is 40.8 Å². The van der Waals surface area contributed by atoms with Gasteiger partial charge in [0.25, 0.3) is 0 Å². The fraction of sp³-hybridized carbons (Fsp3) is 0.429. The standard InChI is InChI=1S/C28H33ClN4O2S/c1-18-16-22(19(2)32(18)20-8-4-5-9-20)27-26(24-10-6-7-13-30-24)31-28(36)33(27)21-11-12-25(23(29)17-21)35-15-14-34-3/h6-7,10-13,16-17,20,26-27H,4-5,8-9,14-15H2,1-3H3,(H,31,36)/t26-,27-/m1/s1. The molecule has 0 spiro atoms. The van der Waals surface area contributed by atoms with Gasteiger partial charge in [0.2, 0.25) is 0 Å². The molecule has 2 atom stereocenters. The Morgan fingerprint density at radius 1 is 1.11 bits per heavy atom. The van der Waals surface area contributed by atoms with Crippen LogP contribution in [0.4, 0.5) is 5.69 Å². The second-order valence-electron chi connectivity index (χ2n) is 9.59. The fourth-order valence-corrected chi connectivity index (χ4v) is 6.34. The van der Waals surface area contributed by atoms with E-state index in [1.54, 1.807) is 7.11 Å². The number of hydrogen-bond acceptors (Lipinski definition) is 4. The summed E-state index contributed by atoms with van der Waals surface area (Å²) in [4.78, 5) is 6.88. The maximum Gasteiger partial charge on any atom is 0.174 e. The molecule has 0 amide bonds. The van der Waals surface area contributed by atoms with Crippen molar-refractivity contribution in [3.8, 4) is 5.75 Å². The number of rotatable bonds is 8. The molecule has 190 valence electrons. The third kappa shape index (κ3) is 4.72. The van der Waals surface area contributed by atoms with E-state index in [4.69, 9.17) is 38.3 Å². The van der Waals surface area contributed by atoms with Gasteiger partial charge in [-0.1, -0.05) is 30.5 Å². The summed E-state index contributed by atoms with van der Waals surface area (Å²) in [6.45, 7) is 5.41. The summed E-state index contributed by atoms with van der Waals surface area (Å²) >= 11 is 12.6. The van der Waals surface area contributed by atoms with E-state index in [1.165, 1.54) is 42.6 Å². The Balaban J connectivity index is 1.57. The lowest BCUT2D eigenvalue weighted by Crippen LogP contribution is -2.29. The Morgan fingerprint density at radius 2 is 1.92 bits per heavy atom. The van der Waals surface area contributed by atoms with Crippen LogP contribution in [0, 0.1) is 13.8 Å². The molecule has 1 aromatic carbocycles. The molecule has 5 rings (SSSR count). The number of aromatic nitrogens is 2. The van der Waals surface area contributed by atoms with Gasteiger partial charge in [0.05, 0.1) is 29.4 Å². The summed E-state index contributed by atoms with van der Waals surface area (Å²) in [5.41, 5.74) is 5.74. The predicted octanol–water partition coefficient (Wildman–Crippen LogP) is 6.47. The quantitative estimate of drug-likeness (QED) is 0.269. The second kappa shape index (κ2) is 10.8. The molecule has 0 unspecified atom stereocenters. The number of benzene rings is 1. The van der Waals surface area contributed by atoms with E-state index in [0.29, 0.717) is 35.1 Å². The van der Waals surface area contributed by atoms with E-state index in [-0.39, 0.29) is 12.1 Å². The van der Waals surface area contributed by atoms with Gasteiger partial charge in [-0.3, -0.25) is 4.98 Å². The maximum absolute atomic E-state index is 6.66. The van der Waals surface area contributed by atoms with Gasteiger partial charge in [0.1, 0.15) is 12.4 Å². The third-order valence-corrected chi connectivity index (χ3v) is 7.98. The Bertz CT molecular complexity index is 1230. The Kier molecular flexibility index (Phi) is 7.51. The minimum absolute atomic E-state index is 0.0647. The summed E-state index contributed by atoms with van der Waals surface area (Å²) in [5.74, 6) is 0.632. The fourth-order valence-electron chi connectivity index (χ4n) is 5.77. The number of nitrogens with one attached hydrogen (secondary N) is 1. The third-order valence-electron chi connectivity index (χ3n) is 7.37. The van der Waals surface area contributed by atoms with Crippen LogP contribution in [0.3, 0.4) is 0 Å². The van der Waals surface area contributed by atoms with E-state index in [9.17, 15) is 0 Å². The molecule has 2 aromatic heterocycles. The smallest absolute Gasteiger partial charge is 0.174 e. The van der Waals surface area contributed by atoms with Crippen molar-refractivity contribution in [3.63, 3.8) is 0 Å². The lowest BCUT2D eigenvalue weighted by atomic mass is 9.96. The largest absolute Gasteiger partial charge is 0.490 e. The molecule has 3 heterocycles. The maximum atomic E-state index is 6.66. The number of halogens is 1. The van der Waals surface area contributed by atoms with Crippen molar-refractivity contribution < 1.29 is 9.47 Å². The van der Waals surface area contributed by atoms with Crippen LogP contribution in [0.1, 0.15) is 66.5 Å². The number of anilines is 1. The molecule has 1 saturated carbocycles. The van der Waals surface area contributed by atoms with Gasteiger partial charge < -0.3 is 24.3 Å². The van der Waals surface area contributed by atoms with Crippen molar-refractivity contribution >= 4 is 34.6 Å². The van der Waals surface area contributed by atoms with Crippen LogP contribution in [0.5, 0.6) is 5.75 Å². The Morgan fingerprint density at radius 3 is 2.61 bits per heavy atom. The molecule has 36 heavy (non-hydrogen) atoms. The molecule has 2 aliphatic rings. The number of nitrogens with zero attached hydrogens (tertiary/aromatic N) is 3. The van der Waals surface area contributed by atoms with E-state index >= 15 is 0 Å². The number of ether oxygens (including phenoxy) is 2. The van der Waals surface area contributed by atoms with Gasteiger partial charge >= 0.3 is 0 Å². The molecular formula is C28H33ClN4O2S. The van der Waals surface area contributed by atoms with Crippen molar-refractivity contribution in [2.45, 2.75) is 57.7 Å². The van der Waals surface area contributed by atoms with Gasteiger partial charge in [0, 0.05) is 36.4 Å². The molecule has 0 radical (unpaired) electrons. The van der Waals surface area contributed by atoms with Crippen molar-refractivity contribution in [3.05, 3.63) is 76.3 Å². The summed E-state index contributed by atoms with van der Waals surface area (Å²) in [6, 6.07) is 14.6. The van der Waals surface area contributed by atoms with Gasteiger partial charge in [-0.2, -0.15) is 0 Å². The highest BCUT2D eigenvalue weighted by atomic mass is 35.5. The highest BCUT2D eigenvalue weighted by Crippen LogP contribution is 2.45. The number of pyridine rings is 1. The van der Waals surface area contributed by atoms with Gasteiger partial charge in [0.15, 0.2) is 5.11 Å². The van der Waals surface area contributed by atoms with Crippen LogP contribution in [0.15, 0.2) is 48.7 Å². The van der Waals surface area contributed by atoms with E-state index in [1.807, 2.05) is 36.5 Å². The minimum atomic E-state index is -0.0902. The molecule has 1 aliphatic heterocycles. The number of aryl methyl sites for hydroxylation is 1. The van der Waals surface area contributed by atoms with E-state index < -0.39 is 0 Å². The first-order chi connectivity index (χ1) is 17.5. The highest BCUT2D eigenvalue weighted by Gasteiger charge is 2.42. The average Bonchev–Trinajstić information content (AvgIpc) is 3.58. The summed E-state index contributed by atoms with van der Waals surface area (Å²) in [6.07, 6.45) is 6.91. The topological polar surface area (TPSA) is 51.6 Å². The first kappa shape index (κ1) is 25.1. The normalized spacial score (nSPS) is 20.2. The van der Waals surface area contributed by atoms with Crippen LogP contribution in [0.2, 0.25) is 5.02 Å². The van der Waals surface area contributed by atoms with Gasteiger partial charge in [-0.25, -0.2) is 0 Å². The van der Waals surface area contributed by atoms with Crippen LogP contribution in [-0.2, 0) is 4.74 Å². The van der Waals surface area contributed by atoms with E-state index in [0.717, 1.165) is 11.4 Å². The molecule has 1 saturated heterocycles. The van der Waals surface area contributed by atoms with Crippen LogP contribution >= 0.6 is 23.8 Å². The number of thiocarbonyl (C=S) groups is 1. The zero-order valence-electron chi connectivity index (χ0n) is 21.0. The zero-order chi connectivity index (χ0) is 25.2. The second-order valence-corrected chi connectivity index (χ2v) is 10.4. The van der Waals surface area contributed by atoms with Crippen molar-refractivity contribution in [2.75, 3.05) is 25.2 Å². The SMILES string of the molecule is COCCOc1ccc(N2C(=S)N[C@H](c3ccccn3)[C@H]2c2cc(C)n(C3CCCC3)c2C)cc1Cl. The van der Waals surface area contributed by atoms with Crippen LogP contribution in [-0.4, -0.2) is 35.0 Å². The molecular weight excluding hydrogens is 492 g/mol. The first-order valence-electron chi connectivity index (χ1n) is 12.6. The summed E-state index contributed by atoms with van der Waals surface area (Å²) < 4.78 is 13.4. The molecule has 8 heteroatoms. The zero-order valence-corrected chi connectivity index (χ0v) is 22.6. The molecule has 0 bridgehead atoms. The van der Waals surface area contributed by atoms with Crippen LogP contribution < -0.4 is 15.0 Å². The van der Waals surface area contributed by atoms with Crippen molar-refractivity contribution in [1.29, 1.82) is 0 Å². The molecule has 3 aromatic rings. The lowest BCUT2D eigenvalue weighted by Gasteiger charge is -2.29. The first-order valence-corrected chi connectivity index (χ1v) is 13.4. The number of methoxy groups -OCH3 is 1. The predicted molar refractivity (Wildman–Crippen MR) is 148 cm³/mol. The molecule has 6 nitrogen and oxygen atoms in total. The van der Waals surface area contributed by atoms with Crippen molar-refractivity contribution in [2.24, 2.45) is 0 Å². The summed E-state index contributed by atoms with van der Waals surface area (Å²) in [7, 11) is 1.65. The van der Waals surface area contributed by atoms with Crippen LogP contribution in [0.25, 0.3) is 0 Å².